The molecule has 3 saturated heterocycles. The second-order valence-corrected chi connectivity index (χ2v) is 41.3. The molecule has 10 rings (SSSR count). The van der Waals surface area contributed by atoms with Crippen molar-refractivity contribution in [3.05, 3.63) is 0 Å². The van der Waals surface area contributed by atoms with E-state index in [4.69, 9.17) is 4.74 Å². The number of carbonyl (C=O) groups excluding carboxylic acids is 8. The normalized spacial score (nSPS) is 21.9. The van der Waals surface area contributed by atoms with Crippen molar-refractivity contribution in [1.29, 1.82) is 0 Å². The number of carbonyl (C=O) groups is 8. The van der Waals surface area contributed by atoms with Crippen molar-refractivity contribution in [2.24, 2.45) is 65.1 Å². The lowest BCUT2D eigenvalue weighted by Crippen LogP contribution is -2.52. The number of amides is 8. The van der Waals surface area contributed by atoms with Gasteiger partial charge in [0.1, 0.15) is 0 Å². The molecular weight excluding hydrogens is 1570 g/mol. The van der Waals surface area contributed by atoms with Crippen LogP contribution in [0.4, 0.5) is 0 Å². The number of nitrogens with zero attached hydrogens (tertiary/aromatic N) is 6. The molecule has 23 heteroatoms. The molecule has 0 aromatic carbocycles. The Morgan fingerprint density at radius 2 is 0.776 bits per heavy atom. The summed E-state index contributed by atoms with van der Waals surface area (Å²) in [5.74, 6) is 6.01. The SMILES string of the molecule is CC(=O)N(CCCNC(=O)C(C)C)C1CCCCC1.CC(C)C(=O)N1CCN(C2CCCCCCC2)CC1.CC(C)C(=O)NCCCN(C(C)C)C1CCCCC1.CC(C)C(=O)NCCCN(C)C1CCOCC1.CC(C)C(=O)NCCCNC1CC2CCC1C2.CC(C)C(=O)NCCCNC1CCCCC1.CC(C)C(=O)NCCN1CCC2CCCCC2C1. The molecule has 0 radical (unpaired) electrons. The zero-order valence-electron chi connectivity index (χ0n) is 83.8. The Bertz CT molecular complexity index is 2840. The fourth-order valence-corrected chi connectivity index (χ4v) is 20.0. The summed E-state index contributed by atoms with van der Waals surface area (Å²) < 4.78 is 5.35. The number of piperazine rings is 1. The van der Waals surface area contributed by atoms with Crippen LogP contribution in [-0.4, -0.2) is 257 Å². The Balaban J connectivity index is 0.000000306. The number of likely N-dealkylation sites (tertiary alicyclic amines) is 1. The topological polar surface area (TPSA) is 261 Å². The molecule has 3 aliphatic heterocycles. The highest BCUT2D eigenvalue weighted by molar-refractivity contribution is 5.80. The first-order valence-corrected chi connectivity index (χ1v) is 52.1. The molecule has 5 unspecified atom stereocenters. The minimum Gasteiger partial charge on any atom is -0.381 e. The number of ether oxygens (including phenoxy) is 1. The van der Waals surface area contributed by atoms with Crippen molar-refractivity contribution in [3.63, 3.8) is 0 Å². The molecular formula is C102H196N14O9. The summed E-state index contributed by atoms with van der Waals surface area (Å²) in [4.78, 5) is 106. The smallest absolute Gasteiger partial charge is 0.225 e. The molecule has 3 heterocycles. The van der Waals surface area contributed by atoms with Crippen molar-refractivity contribution in [1.82, 2.24) is 71.9 Å². The fraction of sp³-hybridized carbons (Fsp3) is 0.922. The van der Waals surface area contributed by atoms with Gasteiger partial charge in [-0.3, -0.25) is 48.2 Å². The number of hydrogen-bond donors (Lipinski definition) is 8. The van der Waals surface area contributed by atoms with Gasteiger partial charge in [-0.2, -0.15) is 0 Å². The van der Waals surface area contributed by atoms with Crippen LogP contribution in [0.2, 0.25) is 0 Å². The van der Waals surface area contributed by atoms with E-state index in [1.165, 1.54) is 199 Å². The van der Waals surface area contributed by atoms with Crippen molar-refractivity contribution in [3.8, 4) is 0 Å². The highest BCUT2D eigenvalue weighted by Gasteiger charge is 2.39. The van der Waals surface area contributed by atoms with Crippen LogP contribution in [0.15, 0.2) is 0 Å². The average Bonchev–Trinajstić information content (AvgIpc) is 1.63. The van der Waals surface area contributed by atoms with E-state index in [2.05, 4.69) is 87.9 Å². The minimum absolute atomic E-state index is 0.0299. The Labute approximate surface area is 765 Å². The van der Waals surface area contributed by atoms with Gasteiger partial charge < -0.3 is 66.9 Å². The van der Waals surface area contributed by atoms with Crippen LogP contribution in [0.5, 0.6) is 0 Å². The Hall–Kier alpha value is -4.52. The van der Waals surface area contributed by atoms with Gasteiger partial charge in [0.05, 0.1) is 0 Å². The van der Waals surface area contributed by atoms with E-state index in [-0.39, 0.29) is 82.8 Å². The first kappa shape index (κ1) is 113. The lowest BCUT2D eigenvalue weighted by molar-refractivity contribution is -0.136. The Morgan fingerprint density at radius 3 is 1.23 bits per heavy atom. The summed E-state index contributed by atoms with van der Waals surface area (Å²) >= 11 is 0. The summed E-state index contributed by atoms with van der Waals surface area (Å²) in [5, 5.41) is 25.0. The molecule has 8 N–H and O–H groups in total. The number of rotatable bonds is 37. The molecule has 2 bridgehead atoms. The van der Waals surface area contributed by atoms with Gasteiger partial charge in [0, 0.05) is 195 Å². The van der Waals surface area contributed by atoms with Gasteiger partial charge in [-0.1, -0.05) is 213 Å². The third kappa shape index (κ3) is 49.0. The predicted molar refractivity (Wildman–Crippen MR) is 517 cm³/mol. The Kier molecular flexibility index (Phi) is 60.3. The monoisotopic (exact) mass is 1760 g/mol. The third-order valence-corrected chi connectivity index (χ3v) is 28.1. The molecule has 0 spiro atoms. The van der Waals surface area contributed by atoms with Crippen LogP contribution < -0.4 is 42.5 Å². The first-order chi connectivity index (χ1) is 59.9. The van der Waals surface area contributed by atoms with Gasteiger partial charge in [0.2, 0.25) is 47.3 Å². The van der Waals surface area contributed by atoms with E-state index < -0.39 is 0 Å². The van der Waals surface area contributed by atoms with Gasteiger partial charge >= 0.3 is 0 Å². The van der Waals surface area contributed by atoms with Crippen LogP contribution in [0, 0.1) is 65.1 Å². The zero-order chi connectivity index (χ0) is 91.9. The molecule has 23 nitrogen and oxygen atoms in total. The van der Waals surface area contributed by atoms with E-state index >= 15 is 0 Å². The number of nitrogens with one attached hydrogen (secondary N) is 8. The fourth-order valence-electron chi connectivity index (χ4n) is 20.0. The number of hydrogen-bond acceptors (Lipinski definition) is 15. The van der Waals surface area contributed by atoms with Crippen molar-refractivity contribution >= 4 is 47.3 Å². The summed E-state index contributed by atoms with van der Waals surface area (Å²) in [6, 6.07) is 4.76. The molecule has 7 saturated carbocycles. The second kappa shape index (κ2) is 66.8. The van der Waals surface area contributed by atoms with Gasteiger partial charge in [-0.05, 0) is 199 Å². The summed E-state index contributed by atoms with van der Waals surface area (Å²) in [6.45, 7) is 52.4. The van der Waals surface area contributed by atoms with E-state index in [1.54, 1.807) is 6.92 Å². The first-order valence-electron chi connectivity index (χ1n) is 52.1. The number of fused-ring (bicyclic) bond motifs is 3. The van der Waals surface area contributed by atoms with Gasteiger partial charge in [-0.15, -0.1) is 0 Å². The molecule has 5 atom stereocenters. The van der Waals surface area contributed by atoms with E-state index in [0.29, 0.717) is 30.6 Å². The lowest BCUT2D eigenvalue weighted by Gasteiger charge is -2.41. The molecule has 10 fully saturated rings. The predicted octanol–water partition coefficient (Wildman–Crippen LogP) is 15.9. The molecule has 10 aliphatic rings. The molecule has 728 valence electrons. The van der Waals surface area contributed by atoms with Crippen molar-refractivity contribution in [2.45, 2.75) is 404 Å². The van der Waals surface area contributed by atoms with E-state index in [1.807, 2.05) is 102 Å². The highest BCUT2D eigenvalue weighted by Crippen LogP contribution is 2.44. The van der Waals surface area contributed by atoms with Crippen molar-refractivity contribution in [2.75, 3.05) is 138 Å². The van der Waals surface area contributed by atoms with Crippen LogP contribution in [0.3, 0.4) is 0 Å². The molecule has 125 heavy (non-hydrogen) atoms. The average molecular weight is 1760 g/mol. The minimum atomic E-state index is 0.0299. The summed E-state index contributed by atoms with van der Waals surface area (Å²) in [6.07, 6.45) is 49.8. The second-order valence-electron chi connectivity index (χ2n) is 41.3. The van der Waals surface area contributed by atoms with E-state index in [0.717, 1.165) is 217 Å². The summed E-state index contributed by atoms with van der Waals surface area (Å²) in [7, 11) is 2.17. The van der Waals surface area contributed by atoms with Gasteiger partial charge in [-0.25, -0.2) is 0 Å². The quantitative estimate of drug-likeness (QED) is 0.0269. The van der Waals surface area contributed by atoms with Crippen LogP contribution in [0.1, 0.15) is 362 Å². The number of piperidine rings is 1. The van der Waals surface area contributed by atoms with Crippen LogP contribution in [0.25, 0.3) is 0 Å². The standard InChI is InChI=1S/C16H30N2O.C16H32N2O.C15H28N2O2.C15H28N2O.C14H26N2O.C13H26N2O2.C13H26N2O/c1-14(2)16(19)18-12-10-17(11-13-18)15-8-6-4-3-5-7-9-15;1-13(2)16(19)17-11-8-12-18(14(3)4)15-9-6-5-7-10-15;1-12(2)15(19)16-10-7-11-17(13(3)18)14-8-5-4-6-9-14;1-12(2)15(18)16-8-10-17-9-7-13-5-3-4-6-14(13)11-17;1-10(2)14(17)16-7-3-6-15-13-9-11-4-5-12(13)8-11;1-11(2)13(16)14-7-4-8-15(3)12-5-9-17-10-6-12;1-11(2)13(16)15-10-6-9-14-12-7-4-3-5-8-12/h14-15H,3-13H2,1-2H3;13-15H,5-12H2,1-4H3,(H,17,19);12,14H,4-11H2,1-3H3,(H,16,19);12-14H,3-11H2,1-2H3,(H,16,18);10-13,15H,3-9H2,1-2H3,(H,16,17);11-12H,4-10H2,1-3H3,(H,14,16);11-12,14H,3-10H2,1-2H3,(H,15,16). The molecule has 8 amide bonds. The maximum Gasteiger partial charge on any atom is 0.225 e. The summed E-state index contributed by atoms with van der Waals surface area (Å²) in [5.41, 5.74) is 0. The Morgan fingerprint density at radius 1 is 0.360 bits per heavy atom. The third-order valence-electron chi connectivity index (χ3n) is 28.1. The molecule has 7 aliphatic carbocycles. The van der Waals surface area contributed by atoms with Gasteiger partial charge in [0.25, 0.3) is 0 Å². The van der Waals surface area contributed by atoms with Crippen molar-refractivity contribution < 1.29 is 43.1 Å². The lowest BCUT2D eigenvalue weighted by atomic mass is 9.75. The maximum atomic E-state index is 12.0. The van der Waals surface area contributed by atoms with Crippen LogP contribution >= 0.6 is 0 Å². The van der Waals surface area contributed by atoms with E-state index in [9.17, 15) is 38.4 Å². The zero-order valence-corrected chi connectivity index (χ0v) is 83.8. The van der Waals surface area contributed by atoms with Crippen LogP contribution in [-0.2, 0) is 43.1 Å². The molecule has 0 aromatic heterocycles. The largest absolute Gasteiger partial charge is 0.381 e. The van der Waals surface area contributed by atoms with Gasteiger partial charge in [0.15, 0.2) is 0 Å². The maximum absolute atomic E-state index is 12.0. The highest BCUT2D eigenvalue weighted by atomic mass is 16.5. The molecule has 0 aromatic rings.